The SMILES string of the molecule is CCCC(C)COC1CCC(NC2CC2)(C(=O)OCC)C1. The highest BCUT2D eigenvalue weighted by Gasteiger charge is 2.49. The number of nitrogens with one attached hydrogen (secondary N) is 1. The van der Waals surface area contributed by atoms with E-state index in [1.807, 2.05) is 6.92 Å². The molecule has 0 radical (unpaired) electrons. The molecule has 2 fully saturated rings. The minimum absolute atomic E-state index is 0.0791. The second kappa shape index (κ2) is 7.59. The summed E-state index contributed by atoms with van der Waals surface area (Å²) in [5.74, 6) is 0.522. The average Bonchev–Trinajstić information content (AvgIpc) is 3.15. The summed E-state index contributed by atoms with van der Waals surface area (Å²) >= 11 is 0. The zero-order chi connectivity index (χ0) is 15.3. The smallest absolute Gasteiger partial charge is 0.326 e. The molecule has 2 aliphatic rings. The van der Waals surface area contributed by atoms with Crippen molar-refractivity contribution in [3.8, 4) is 0 Å². The fourth-order valence-electron chi connectivity index (χ4n) is 3.28. The molecule has 0 aliphatic heterocycles. The highest BCUT2D eigenvalue weighted by Crippen LogP contribution is 2.36. The van der Waals surface area contributed by atoms with Crippen LogP contribution in [0.5, 0.6) is 0 Å². The first-order valence-electron chi connectivity index (χ1n) is 8.66. The summed E-state index contributed by atoms with van der Waals surface area (Å²) in [5, 5.41) is 3.54. The van der Waals surface area contributed by atoms with Gasteiger partial charge in [0.25, 0.3) is 0 Å². The van der Waals surface area contributed by atoms with Crippen molar-refractivity contribution < 1.29 is 14.3 Å². The first-order chi connectivity index (χ1) is 10.1. The van der Waals surface area contributed by atoms with Crippen LogP contribution in [0.2, 0.25) is 0 Å². The Kier molecular flexibility index (Phi) is 6.06. The molecule has 3 unspecified atom stereocenters. The molecule has 3 atom stereocenters. The molecule has 2 aliphatic carbocycles. The van der Waals surface area contributed by atoms with Crippen molar-refractivity contribution in [2.24, 2.45) is 5.92 Å². The molecule has 2 saturated carbocycles. The summed E-state index contributed by atoms with van der Waals surface area (Å²) in [6.45, 7) is 7.57. The van der Waals surface area contributed by atoms with Gasteiger partial charge in [0.2, 0.25) is 0 Å². The second-order valence-corrected chi connectivity index (χ2v) is 6.81. The van der Waals surface area contributed by atoms with Crippen molar-refractivity contribution in [1.82, 2.24) is 5.32 Å². The standard InChI is InChI=1S/C17H31NO3/c1-4-6-13(3)12-21-15-9-10-17(11-15,16(19)20-5-2)18-14-7-8-14/h13-15,18H,4-12H2,1-3H3. The number of rotatable bonds is 9. The zero-order valence-corrected chi connectivity index (χ0v) is 13.8. The Labute approximate surface area is 129 Å². The summed E-state index contributed by atoms with van der Waals surface area (Å²) in [6, 6.07) is 0.507. The van der Waals surface area contributed by atoms with Crippen LogP contribution in [0.1, 0.15) is 65.7 Å². The largest absolute Gasteiger partial charge is 0.465 e. The van der Waals surface area contributed by atoms with Gasteiger partial charge < -0.3 is 9.47 Å². The summed E-state index contributed by atoms with van der Waals surface area (Å²) in [4.78, 5) is 12.4. The van der Waals surface area contributed by atoms with E-state index in [0.29, 0.717) is 18.6 Å². The van der Waals surface area contributed by atoms with Crippen LogP contribution in [0.4, 0.5) is 0 Å². The molecule has 0 saturated heterocycles. The highest BCUT2D eigenvalue weighted by molar-refractivity contribution is 5.81. The molecule has 1 N–H and O–H groups in total. The predicted octanol–water partition coefficient (Wildman–Crippen LogP) is 3.05. The van der Waals surface area contributed by atoms with E-state index < -0.39 is 5.54 Å². The van der Waals surface area contributed by atoms with Gasteiger partial charge in [-0.3, -0.25) is 10.1 Å². The minimum Gasteiger partial charge on any atom is -0.465 e. The Bertz CT molecular complexity index is 343. The quantitative estimate of drug-likeness (QED) is 0.665. The van der Waals surface area contributed by atoms with Gasteiger partial charge in [0.05, 0.1) is 12.7 Å². The maximum Gasteiger partial charge on any atom is 0.326 e. The lowest BCUT2D eigenvalue weighted by atomic mass is 9.97. The van der Waals surface area contributed by atoms with Gasteiger partial charge in [-0.2, -0.15) is 0 Å². The van der Waals surface area contributed by atoms with Crippen molar-refractivity contribution in [3.63, 3.8) is 0 Å². The molecule has 21 heavy (non-hydrogen) atoms. The van der Waals surface area contributed by atoms with E-state index in [1.54, 1.807) is 0 Å². The number of ether oxygens (including phenoxy) is 2. The van der Waals surface area contributed by atoms with E-state index in [4.69, 9.17) is 9.47 Å². The fraction of sp³-hybridized carbons (Fsp3) is 0.941. The van der Waals surface area contributed by atoms with Gasteiger partial charge in [0.15, 0.2) is 0 Å². The molecular formula is C17H31NO3. The van der Waals surface area contributed by atoms with Crippen LogP contribution < -0.4 is 5.32 Å². The Hall–Kier alpha value is -0.610. The maximum absolute atomic E-state index is 12.4. The topological polar surface area (TPSA) is 47.6 Å². The molecule has 0 aromatic carbocycles. The van der Waals surface area contributed by atoms with Gasteiger partial charge in [-0.25, -0.2) is 0 Å². The molecule has 2 rings (SSSR count). The first kappa shape index (κ1) is 16.8. The molecule has 0 amide bonds. The Morgan fingerprint density at radius 1 is 1.33 bits per heavy atom. The lowest BCUT2D eigenvalue weighted by Crippen LogP contribution is -2.52. The fourth-order valence-corrected chi connectivity index (χ4v) is 3.28. The van der Waals surface area contributed by atoms with E-state index in [1.165, 1.54) is 25.7 Å². The number of hydrogen-bond donors (Lipinski definition) is 1. The van der Waals surface area contributed by atoms with Gasteiger partial charge in [-0.1, -0.05) is 20.3 Å². The van der Waals surface area contributed by atoms with Crippen LogP contribution in [-0.4, -0.2) is 36.9 Å². The van der Waals surface area contributed by atoms with Crippen LogP contribution in [0.15, 0.2) is 0 Å². The maximum atomic E-state index is 12.4. The molecular weight excluding hydrogens is 266 g/mol. The zero-order valence-electron chi connectivity index (χ0n) is 13.8. The van der Waals surface area contributed by atoms with Crippen molar-refractivity contribution in [2.75, 3.05) is 13.2 Å². The van der Waals surface area contributed by atoms with E-state index in [0.717, 1.165) is 25.9 Å². The van der Waals surface area contributed by atoms with Crippen molar-refractivity contribution in [1.29, 1.82) is 0 Å². The van der Waals surface area contributed by atoms with Crippen molar-refractivity contribution in [3.05, 3.63) is 0 Å². The summed E-state index contributed by atoms with van der Waals surface area (Å²) in [5.41, 5.74) is -0.490. The summed E-state index contributed by atoms with van der Waals surface area (Å²) < 4.78 is 11.4. The number of carbonyl (C=O) groups is 1. The van der Waals surface area contributed by atoms with Crippen molar-refractivity contribution >= 4 is 5.97 Å². The second-order valence-electron chi connectivity index (χ2n) is 6.81. The minimum atomic E-state index is -0.490. The van der Waals surface area contributed by atoms with E-state index in [9.17, 15) is 4.79 Å². The Morgan fingerprint density at radius 2 is 2.10 bits per heavy atom. The number of carbonyl (C=O) groups excluding carboxylic acids is 1. The third-order valence-electron chi connectivity index (χ3n) is 4.59. The first-order valence-corrected chi connectivity index (χ1v) is 8.66. The van der Waals surface area contributed by atoms with Crippen LogP contribution >= 0.6 is 0 Å². The van der Waals surface area contributed by atoms with Gasteiger partial charge in [0, 0.05) is 19.1 Å². The highest BCUT2D eigenvalue weighted by atomic mass is 16.5. The Balaban J connectivity index is 1.86. The molecule has 122 valence electrons. The lowest BCUT2D eigenvalue weighted by Gasteiger charge is -2.28. The molecule has 4 nitrogen and oxygen atoms in total. The molecule has 0 heterocycles. The van der Waals surface area contributed by atoms with Gasteiger partial charge in [0.1, 0.15) is 5.54 Å². The molecule has 0 bridgehead atoms. The van der Waals surface area contributed by atoms with Crippen LogP contribution in [0.3, 0.4) is 0 Å². The molecule has 0 aromatic rings. The lowest BCUT2D eigenvalue weighted by molar-refractivity contribution is -0.151. The van der Waals surface area contributed by atoms with E-state index in [-0.39, 0.29) is 12.1 Å². The number of esters is 1. The van der Waals surface area contributed by atoms with Crippen LogP contribution in [0.25, 0.3) is 0 Å². The summed E-state index contributed by atoms with van der Waals surface area (Å²) in [6.07, 6.45) is 7.52. The Morgan fingerprint density at radius 3 is 2.71 bits per heavy atom. The van der Waals surface area contributed by atoms with Crippen LogP contribution in [0, 0.1) is 5.92 Å². The van der Waals surface area contributed by atoms with Crippen molar-refractivity contribution in [2.45, 2.75) is 83.4 Å². The molecule has 0 aromatic heterocycles. The van der Waals surface area contributed by atoms with E-state index >= 15 is 0 Å². The van der Waals surface area contributed by atoms with Gasteiger partial charge >= 0.3 is 5.97 Å². The van der Waals surface area contributed by atoms with Gasteiger partial charge in [-0.15, -0.1) is 0 Å². The summed E-state index contributed by atoms with van der Waals surface area (Å²) in [7, 11) is 0. The van der Waals surface area contributed by atoms with Gasteiger partial charge in [-0.05, 0) is 44.9 Å². The number of hydrogen-bond acceptors (Lipinski definition) is 4. The normalized spacial score (nSPS) is 30.3. The third-order valence-corrected chi connectivity index (χ3v) is 4.59. The predicted molar refractivity (Wildman–Crippen MR) is 83.2 cm³/mol. The average molecular weight is 297 g/mol. The monoisotopic (exact) mass is 297 g/mol. The third kappa shape index (κ3) is 4.68. The molecule has 4 heteroatoms. The van der Waals surface area contributed by atoms with E-state index in [2.05, 4.69) is 19.2 Å². The van der Waals surface area contributed by atoms with Crippen LogP contribution in [-0.2, 0) is 14.3 Å². The molecule has 0 spiro atoms.